The van der Waals surface area contributed by atoms with E-state index >= 15 is 0 Å². The molecular formula is C15H19ClN2O2. The number of nitrogens with one attached hydrogen (secondary N) is 1. The van der Waals surface area contributed by atoms with Crippen LogP contribution in [0.1, 0.15) is 19.3 Å². The molecule has 1 unspecified atom stereocenters. The third-order valence-electron chi connectivity index (χ3n) is 4.19. The molecule has 1 aromatic carbocycles. The smallest absolute Gasteiger partial charge is 0.332 e. The van der Waals surface area contributed by atoms with E-state index in [9.17, 15) is 4.79 Å². The number of rotatable bonds is 4. The maximum Gasteiger partial charge on any atom is 0.332 e. The zero-order chi connectivity index (χ0) is 14.2. The van der Waals surface area contributed by atoms with Crippen LogP contribution >= 0.6 is 11.6 Å². The number of carbonyl (C=O) groups excluding carboxylic acids is 1. The highest BCUT2D eigenvalue weighted by Crippen LogP contribution is 2.36. The van der Waals surface area contributed by atoms with E-state index in [0.717, 1.165) is 18.7 Å². The highest BCUT2D eigenvalue weighted by atomic mass is 35.5. The van der Waals surface area contributed by atoms with Crippen LogP contribution in [0.25, 0.3) is 0 Å². The van der Waals surface area contributed by atoms with E-state index in [0.29, 0.717) is 17.6 Å². The summed E-state index contributed by atoms with van der Waals surface area (Å²) in [7, 11) is 1.44. The molecule has 20 heavy (non-hydrogen) atoms. The van der Waals surface area contributed by atoms with E-state index in [-0.39, 0.29) is 5.97 Å². The summed E-state index contributed by atoms with van der Waals surface area (Å²) in [4.78, 5) is 14.7. The number of hydrogen-bond donors (Lipinski definition) is 1. The van der Waals surface area contributed by atoms with Gasteiger partial charge in [0.2, 0.25) is 0 Å². The van der Waals surface area contributed by atoms with Crippen LogP contribution in [0.5, 0.6) is 0 Å². The fourth-order valence-electron chi connectivity index (χ4n) is 2.93. The van der Waals surface area contributed by atoms with Crippen molar-refractivity contribution in [1.29, 1.82) is 0 Å². The summed E-state index contributed by atoms with van der Waals surface area (Å²) in [6.45, 7) is 1.62. The Morgan fingerprint density at radius 2 is 2.20 bits per heavy atom. The third kappa shape index (κ3) is 2.50. The zero-order valence-electron chi connectivity index (χ0n) is 11.6. The molecule has 4 nitrogen and oxygen atoms in total. The molecule has 0 bridgehead atoms. The topological polar surface area (TPSA) is 41.6 Å². The maximum atomic E-state index is 12.3. The average molecular weight is 295 g/mol. The Balaban J connectivity index is 1.83. The van der Waals surface area contributed by atoms with Crippen molar-refractivity contribution in [3.05, 3.63) is 29.3 Å². The molecule has 108 valence electrons. The number of nitrogens with zero attached hydrogens (tertiary/aromatic N) is 1. The van der Waals surface area contributed by atoms with Gasteiger partial charge in [-0.05, 0) is 31.4 Å². The average Bonchev–Trinajstić information content (AvgIpc) is 3.22. The third-order valence-corrected chi connectivity index (χ3v) is 4.52. The van der Waals surface area contributed by atoms with Gasteiger partial charge in [-0.3, -0.25) is 4.90 Å². The molecule has 3 rings (SSSR count). The molecule has 0 spiro atoms. The molecule has 1 saturated heterocycles. The van der Waals surface area contributed by atoms with Gasteiger partial charge in [0.05, 0.1) is 17.8 Å². The molecule has 0 radical (unpaired) electrons. The minimum Gasteiger partial charge on any atom is -0.467 e. The Morgan fingerprint density at radius 3 is 2.85 bits per heavy atom. The highest BCUT2D eigenvalue weighted by molar-refractivity contribution is 6.33. The molecule has 1 N–H and O–H groups in total. The Morgan fingerprint density at radius 1 is 1.45 bits per heavy atom. The summed E-state index contributed by atoms with van der Waals surface area (Å²) < 4.78 is 5.03. The second-order valence-electron chi connectivity index (χ2n) is 5.63. The van der Waals surface area contributed by atoms with Crippen LogP contribution in [-0.4, -0.2) is 42.6 Å². The number of ether oxygens (including phenoxy) is 1. The second kappa shape index (κ2) is 5.26. The predicted octanol–water partition coefficient (Wildman–Crippen LogP) is 2.53. The largest absolute Gasteiger partial charge is 0.467 e. The molecule has 1 aromatic rings. The van der Waals surface area contributed by atoms with Gasteiger partial charge in [0.15, 0.2) is 0 Å². The monoisotopic (exact) mass is 294 g/mol. The minimum absolute atomic E-state index is 0.208. The first-order chi connectivity index (χ1) is 9.64. The first-order valence-corrected chi connectivity index (χ1v) is 7.38. The van der Waals surface area contributed by atoms with Gasteiger partial charge in [-0.1, -0.05) is 23.7 Å². The molecule has 5 heteroatoms. The van der Waals surface area contributed by atoms with Crippen molar-refractivity contribution >= 4 is 23.3 Å². The molecule has 1 atom stereocenters. The first-order valence-electron chi connectivity index (χ1n) is 7.00. The van der Waals surface area contributed by atoms with Crippen LogP contribution in [0.15, 0.2) is 24.3 Å². The Kier molecular flexibility index (Phi) is 3.61. The van der Waals surface area contributed by atoms with E-state index < -0.39 is 5.54 Å². The van der Waals surface area contributed by atoms with Crippen molar-refractivity contribution in [2.45, 2.75) is 30.8 Å². The lowest BCUT2D eigenvalue weighted by Crippen LogP contribution is -2.49. The maximum absolute atomic E-state index is 12.3. The number of para-hydroxylation sites is 1. The predicted molar refractivity (Wildman–Crippen MR) is 79.0 cm³/mol. The fourth-order valence-corrected chi connectivity index (χ4v) is 3.11. The molecule has 1 aliphatic heterocycles. The van der Waals surface area contributed by atoms with E-state index in [4.69, 9.17) is 16.3 Å². The lowest BCUT2D eigenvalue weighted by Gasteiger charge is -2.29. The second-order valence-corrected chi connectivity index (χ2v) is 6.04. The molecule has 1 saturated carbocycles. The number of anilines is 1. The highest BCUT2D eigenvalue weighted by Gasteiger charge is 2.49. The molecule has 0 amide bonds. The lowest BCUT2D eigenvalue weighted by molar-refractivity contribution is -0.145. The van der Waals surface area contributed by atoms with Crippen molar-refractivity contribution in [2.75, 3.05) is 25.5 Å². The van der Waals surface area contributed by atoms with E-state index in [2.05, 4.69) is 10.2 Å². The molecule has 1 aliphatic carbocycles. The van der Waals surface area contributed by atoms with Crippen LogP contribution in [0, 0.1) is 0 Å². The van der Waals surface area contributed by atoms with Crippen LogP contribution in [-0.2, 0) is 9.53 Å². The van der Waals surface area contributed by atoms with Crippen molar-refractivity contribution in [2.24, 2.45) is 0 Å². The summed E-state index contributed by atoms with van der Waals surface area (Å²) in [5.41, 5.74) is 0.111. The fraction of sp³-hybridized carbons (Fsp3) is 0.533. The van der Waals surface area contributed by atoms with Gasteiger partial charge in [-0.15, -0.1) is 0 Å². The van der Waals surface area contributed by atoms with Crippen molar-refractivity contribution < 1.29 is 9.53 Å². The van der Waals surface area contributed by atoms with Gasteiger partial charge >= 0.3 is 5.97 Å². The van der Waals surface area contributed by atoms with Gasteiger partial charge in [0.25, 0.3) is 0 Å². The summed E-state index contributed by atoms with van der Waals surface area (Å²) in [6.07, 6.45) is 3.23. The number of esters is 1. The molecular weight excluding hydrogens is 276 g/mol. The summed E-state index contributed by atoms with van der Waals surface area (Å²) in [5.74, 6) is -0.208. The van der Waals surface area contributed by atoms with Gasteiger partial charge in [0, 0.05) is 19.1 Å². The molecule has 2 fully saturated rings. The normalized spacial score (nSPS) is 26.5. The van der Waals surface area contributed by atoms with E-state index in [1.165, 1.54) is 20.0 Å². The van der Waals surface area contributed by atoms with Crippen molar-refractivity contribution in [1.82, 2.24) is 4.90 Å². The Bertz CT molecular complexity index is 518. The van der Waals surface area contributed by atoms with Crippen molar-refractivity contribution in [3.63, 3.8) is 0 Å². The molecule has 2 aliphatic rings. The standard InChI is InChI=1S/C15H19ClN2O2/c1-20-14(19)15(8-9-18(10-15)11-6-7-11)17-13-5-3-2-4-12(13)16/h2-5,11,17H,6-10H2,1H3. The number of likely N-dealkylation sites (tertiary alicyclic amines) is 1. The number of carbonyl (C=O) groups is 1. The SMILES string of the molecule is COC(=O)C1(Nc2ccccc2Cl)CCN(C2CC2)C1. The van der Waals surface area contributed by atoms with Gasteiger partial charge in [0.1, 0.15) is 5.54 Å². The van der Waals surface area contributed by atoms with Crippen LogP contribution in [0.3, 0.4) is 0 Å². The zero-order valence-corrected chi connectivity index (χ0v) is 12.3. The lowest BCUT2D eigenvalue weighted by atomic mass is 9.98. The van der Waals surface area contributed by atoms with Crippen molar-refractivity contribution in [3.8, 4) is 0 Å². The Labute approximate surface area is 124 Å². The molecule has 1 heterocycles. The molecule has 0 aromatic heterocycles. The summed E-state index contributed by atoms with van der Waals surface area (Å²) in [5, 5.41) is 3.96. The van der Waals surface area contributed by atoms with Crippen LogP contribution in [0.2, 0.25) is 5.02 Å². The van der Waals surface area contributed by atoms with Gasteiger partial charge in [-0.2, -0.15) is 0 Å². The minimum atomic E-state index is -0.678. The van der Waals surface area contributed by atoms with E-state index in [1.807, 2.05) is 24.3 Å². The summed E-state index contributed by atoms with van der Waals surface area (Å²) >= 11 is 6.20. The number of halogens is 1. The number of hydrogen-bond acceptors (Lipinski definition) is 4. The first kappa shape index (κ1) is 13.7. The van der Waals surface area contributed by atoms with E-state index in [1.54, 1.807) is 0 Å². The number of benzene rings is 1. The Hall–Kier alpha value is -1.26. The summed E-state index contributed by atoms with van der Waals surface area (Å²) in [6, 6.07) is 8.15. The van der Waals surface area contributed by atoms with Gasteiger partial charge < -0.3 is 10.1 Å². The number of methoxy groups -OCH3 is 1. The van der Waals surface area contributed by atoms with Crippen LogP contribution in [0.4, 0.5) is 5.69 Å². The quantitative estimate of drug-likeness (QED) is 0.867. The van der Waals surface area contributed by atoms with Gasteiger partial charge in [-0.25, -0.2) is 4.79 Å². The van der Waals surface area contributed by atoms with Crippen LogP contribution < -0.4 is 5.32 Å².